The van der Waals surface area contributed by atoms with E-state index in [-0.39, 0.29) is 16.8 Å². The maximum absolute atomic E-state index is 12.9. The second-order valence-electron chi connectivity index (χ2n) is 5.83. The molecule has 2 aromatic carbocycles. The molecule has 0 radical (unpaired) electrons. The Morgan fingerprint density at radius 2 is 1.65 bits per heavy atom. The highest BCUT2D eigenvalue weighted by molar-refractivity contribution is 7.92. The Morgan fingerprint density at radius 3 is 2.17 bits per heavy atom. The number of nitrogens with two attached hydrogens (primary N) is 1. The second kappa shape index (κ2) is 5.89. The van der Waals surface area contributed by atoms with Gasteiger partial charge in [0.15, 0.2) is 9.84 Å². The highest BCUT2D eigenvalue weighted by Crippen LogP contribution is 2.54. The van der Waals surface area contributed by atoms with Crippen molar-refractivity contribution in [3.8, 4) is 0 Å². The fourth-order valence-corrected chi connectivity index (χ4v) is 5.63. The van der Waals surface area contributed by atoms with Gasteiger partial charge in [-0.3, -0.25) is 0 Å². The number of thiocarbonyl (C=S) groups is 1. The molecule has 3 rings (SSSR count). The van der Waals surface area contributed by atoms with Crippen molar-refractivity contribution in [1.82, 2.24) is 0 Å². The quantitative estimate of drug-likeness (QED) is 0.842. The molecule has 0 aromatic heterocycles. The van der Waals surface area contributed by atoms with Gasteiger partial charge in [0, 0.05) is 16.9 Å². The van der Waals surface area contributed by atoms with Crippen LogP contribution in [-0.2, 0) is 9.84 Å². The van der Waals surface area contributed by atoms with Gasteiger partial charge in [0.05, 0.1) is 15.1 Å². The molecule has 2 N–H and O–H groups in total. The summed E-state index contributed by atoms with van der Waals surface area (Å²) in [6.07, 6.45) is 0. The third kappa shape index (κ3) is 3.01. The molecule has 120 valence electrons. The van der Waals surface area contributed by atoms with E-state index in [0.29, 0.717) is 9.92 Å². The molecule has 1 aliphatic rings. The first kappa shape index (κ1) is 16.4. The lowest BCUT2D eigenvalue weighted by Gasteiger charge is -2.05. The van der Waals surface area contributed by atoms with Gasteiger partial charge in [-0.25, -0.2) is 8.42 Å². The van der Waals surface area contributed by atoms with Crippen LogP contribution in [0.25, 0.3) is 0 Å². The molecule has 23 heavy (non-hydrogen) atoms. The smallest absolute Gasteiger partial charge is 0.182 e. The summed E-state index contributed by atoms with van der Waals surface area (Å²) < 4.78 is 25.9. The molecule has 1 aliphatic carbocycles. The van der Waals surface area contributed by atoms with E-state index in [1.807, 2.05) is 19.1 Å². The molecule has 0 amide bonds. The van der Waals surface area contributed by atoms with E-state index in [1.165, 1.54) is 0 Å². The predicted molar refractivity (Wildman–Crippen MR) is 96.6 cm³/mol. The molecule has 3 nitrogen and oxygen atoms in total. The number of hydrogen-bond donors (Lipinski definition) is 1. The van der Waals surface area contributed by atoms with Crippen LogP contribution in [0.1, 0.15) is 17.0 Å². The number of rotatable bonds is 4. The van der Waals surface area contributed by atoms with E-state index in [4.69, 9.17) is 29.6 Å². The van der Waals surface area contributed by atoms with Crippen molar-refractivity contribution in [1.29, 1.82) is 0 Å². The molecule has 0 saturated heterocycles. The summed E-state index contributed by atoms with van der Waals surface area (Å²) in [5.41, 5.74) is 7.70. The summed E-state index contributed by atoms with van der Waals surface area (Å²) in [5, 5.41) is 0.00287. The molecule has 2 aromatic rings. The van der Waals surface area contributed by atoms with E-state index >= 15 is 0 Å². The van der Waals surface area contributed by atoms with Crippen LogP contribution in [0.5, 0.6) is 0 Å². The summed E-state index contributed by atoms with van der Waals surface area (Å²) in [4.78, 5) is 0.552. The molecule has 1 saturated carbocycles. The van der Waals surface area contributed by atoms with Crippen molar-refractivity contribution in [2.45, 2.75) is 23.0 Å². The molecule has 6 heteroatoms. The fraction of sp³-hybridized carbons (Fsp3) is 0.235. The number of halogens is 1. The van der Waals surface area contributed by atoms with Crippen molar-refractivity contribution in [2.24, 2.45) is 11.7 Å². The van der Waals surface area contributed by atoms with Gasteiger partial charge in [-0.15, -0.1) is 0 Å². The summed E-state index contributed by atoms with van der Waals surface area (Å²) >= 11 is 11.0. The molecule has 0 bridgehead atoms. The van der Waals surface area contributed by atoms with Gasteiger partial charge in [-0.2, -0.15) is 0 Å². The Morgan fingerprint density at radius 1 is 1.09 bits per heavy atom. The maximum Gasteiger partial charge on any atom is 0.182 e. The van der Waals surface area contributed by atoms with Crippen molar-refractivity contribution < 1.29 is 8.42 Å². The van der Waals surface area contributed by atoms with Crippen LogP contribution in [0.15, 0.2) is 53.4 Å². The highest BCUT2D eigenvalue weighted by Gasteiger charge is 2.60. The highest BCUT2D eigenvalue weighted by atomic mass is 35.5. The molecule has 1 fully saturated rings. The van der Waals surface area contributed by atoms with Gasteiger partial charge in [-0.05, 0) is 36.8 Å². The summed E-state index contributed by atoms with van der Waals surface area (Å²) in [6, 6.07) is 14.0. The van der Waals surface area contributed by atoms with Crippen LogP contribution in [0.4, 0.5) is 0 Å². The minimum Gasteiger partial charge on any atom is -0.393 e. The summed E-state index contributed by atoms with van der Waals surface area (Å²) in [5.74, 6) is -0.548. The number of benzene rings is 2. The molecular weight excluding hydrogens is 350 g/mol. The fourth-order valence-electron chi connectivity index (χ4n) is 2.98. The average Bonchev–Trinajstić information content (AvgIpc) is 3.25. The first-order chi connectivity index (χ1) is 10.8. The average molecular weight is 366 g/mol. The van der Waals surface area contributed by atoms with Gasteiger partial charge in [-0.1, -0.05) is 53.6 Å². The molecular formula is C17H16ClNO2S2. The molecule has 0 aliphatic heterocycles. The lowest BCUT2D eigenvalue weighted by molar-refractivity contribution is 0.593. The van der Waals surface area contributed by atoms with Crippen molar-refractivity contribution >= 4 is 38.6 Å². The number of sulfone groups is 1. The Balaban J connectivity index is 1.98. The van der Waals surface area contributed by atoms with Crippen molar-refractivity contribution in [3.05, 3.63) is 64.7 Å². The van der Waals surface area contributed by atoms with E-state index in [2.05, 4.69) is 0 Å². The maximum atomic E-state index is 12.9. The van der Waals surface area contributed by atoms with E-state index in [9.17, 15) is 8.42 Å². The van der Waals surface area contributed by atoms with E-state index < -0.39 is 15.1 Å². The van der Waals surface area contributed by atoms with Crippen LogP contribution < -0.4 is 5.73 Å². The Hall–Kier alpha value is -1.43. The Kier molecular flexibility index (Phi) is 4.21. The number of hydrogen-bond acceptors (Lipinski definition) is 3. The van der Waals surface area contributed by atoms with E-state index in [1.54, 1.807) is 36.4 Å². The number of aryl methyl sites for hydroxylation is 1. The molecule has 0 spiro atoms. The third-order valence-corrected chi connectivity index (χ3v) is 7.00. The zero-order chi connectivity index (χ0) is 16.8. The first-order valence-electron chi connectivity index (χ1n) is 7.18. The molecule has 0 heterocycles. The van der Waals surface area contributed by atoms with Crippen LogP contribution in [0.3, 0.4) is 0 Å². The van der Waals surface area contributed by atoms with Crippen LogP contribution in [0, 0.1) is 12.8 Å². The molecule has 3 atom stereocenters. The van der Waals surface area contributed by atoms with E-state index in [0.717, 1.165) is 11.1 Å². The van der Waals surface area contributed by atoms with Crippen LogP contribution >= 0.6 is 23.8 Å². The van der Waals surface area contributed by atoms with Gasteiger partial charge in [0.25, 0.3) is 0 Å². The lowest BCUT2D eigenvalue weighted by Crippen LogP contribution is -2.17. The Labute approximate surface area is 146 Å². The van der Waals surface area contributed by atoms with Gasteiger partial charge >= 0.3 is 0 Å². The topological polar surface area (TPSA) is 60.2 Å². The third-order valence-electron chi connectivity index (χ3n) is 4.25. The van der Waals surface area contributed by atoms with Gasteiger partial charge in [0.1, 0.15) is 0 Å². The van der Waals surface area contributed by atoms with Crippen molar-refractivity contribution in [3.63, 3.8) is 0 Å². The minimum atomic E-state index is -3.48. The summed E-state index contributed by atoms with van der Waals surface area (Å²) in [7, 11) is -3.48. The zero-order valence-electron chi connectivity index (χ0n) is 12.4. The predicted octanol–water partition coefficient (Wildman–Crippen LogP) is 3.49. The zero-order valence-corrected chi connectivity index (χ0v) is 14.8. The van der Waals surface area contributed by atoms with Crippen molar-refractivity contribution in [2.75, 3.05) is 0 Å². The minimum absolute atomic E-state index is 0.212. The van der Waals surface area contributed by atoms with Gasteiger partial charge in [0.2, 0.25) is 0 Å². The second-order valence-corrected chi connectivity index (χ2v) is 8.84. The first-order valence-corrected chi connectivity index (χ1v) is 9.51. The SMILES string of the molecule is Cc1ccc(S(=O)(=O)C2C(C(N)=S)C2c2ccc(Cl)cc2)cc1. The monoisotopic (exact) mass is 365 g/mol. The Bertz CT molecular complexity index is 845. The molecule has 3 unspecified atom stereocenters. The van der Waals surface area contributed by atoms with Gasteiger partial charge < -0.3 is 5.73 Å². The standard InChI is InChI=1S/C17H16ClNO2S2/c1-10-2-8-13(9-3-10)23(20,21)16-14(15(16)17(19)22)11-4-6-12(18)7-5-11/h2-9,14-16H,1H3,(H2,19,22). The largest absolute Gasteiger partial charge is 0.393 e. The lowest BCUT2D eigenvalue weighted by atomic mass is 10.1. The normalized spacial score (nSPS) is 23.5. The van der Waals surface area contributed by atoms with Crippen LogP contribution in [0.2, 0.25) is 5.02 Å². The summed E-state index contributed by atoms with van der Waals surface area (Å²) in [6.45, 7) is 1.92. The van der Waals surface area contributed by atoms with Crippen LogP contribution in [-0.4, -0.2) is 18.7 Å².